The number of nitrogens with one attached hydrogen (secondary N) is 1. The van der Waals surface area contributed by atoms with Crippen molar-refractivity contribution in [2.75, 3.05) is 11.9 Å². The number of nitro groups is 1. The second kappa shape index (κ2) is 11.1. The Morgan fingerprint density at radius 1 is 1.07 bits per heavy atom. The second-order valence-corrected chi connectivity index (χ2v) is 9.05. The van der Waals surface area contributed by atoms with Crippen molar-refractivity contribution in [1.29, 1.82) is 0 Å². The molecule has 0 bridgehead atoms. The van der Waals surface area contributed by atoms with Crippen LogP contribution in [-0.4, -0.2) is 33.4 Å². The number of imide groups is 1. The Hall–Kier alpha value is -4.79. The van der Waals surface area contributed by atoms with Gasteiger partial charge in [0.1, 0.15) is 23.9 Å². The fourth-order valence-electron chi connectivity index (χ4n) is 3.43. The van der Waals surface area contributed by atoms with Gasteiger partial charge in [0.15, 0.2) is 0 Å². The number of hydrogen-bond acceptors (Lipinski definition) is 7. The summed E-state index contributed by atoms with van der Waals surface area (Å²) in [6.07, 6.45) is -3.53. The predicted molar refractivity (Wildman–Crippen MR) is 132 cm³/mol. The zero-order valence-electron chi connectivity index (χ0n) is 19.7. The normalized spacial score (nSPS) is 14.5. The van der Waals surface area contributed by atoms with Crippen molar-refractivity contribution in [2.24, 2.45) is 0 Å². The maximum atomic E-state index is 13.8. The van der Waals surface area contributed by atoms with Crippen LogP contribution in [0.2, 0.25) is 0 Å². The molecular weight excluding hydrogens is 565 g/mol. The number of halogens is 5. The largest absolute Gasteiger partial charge is 0.450 e. The fourth-order valence-corrected chi connectivity index (χ4v) is 4.27. The van der Waals surface area contributed by atoms with E-state index in [1.165, 1.54) is 30.3 Å². The lowest BCUT2D eigenvalue weighted by atomic mass is 10.1. The molecule has 15 heteroatoms. The first kappa shape index (κ1) is 28.2. The van der Waals surface area contributed by atoms with Crippen LogP contribution in [0.15, 0.2) is 65.6 Å². The van der Waals surface area contributed by atoms with Crippen LogP contribution in [-0.2, 0) is 15.8 Å². The first-order valence-corrected chi connectivity index (χ1v) is 11.8. The van der Waals surface area contributed by atoms with E-state index in [1.54, 1.807) is 0 Å². The summed E-state index contributed by atoms with van der Waals surface area (Å²) < 4.78 is 71.1. The van der Waals surface area contributed by atoms with Crippen molar-refractivity contribution in [3.8, 4) is 11.5 Å². The standard InChI is InChI=1S/C25H14F5N3O6S/c26-15-5-6-18(17(27)11-15)31-22(34)12-32-23(35)21(40-24(32)36)9-13-2-1-3-16(8-13)39-20-7-4-14(25(28,29)30)10-19(20)33(37)38/h1-11H,12H2,(H,31,34)/b21-9+. The summed E-state index contributed by atoms with van der Waals surface area (Å²) in [5.74, 6) is -4.14. The highest BCUT2D eigenvalue weighted by Crippen LogP contribution is 2.38. The summed E-state index contributed by atoms with van der Waals surface area (Å²) >= 11 is 0.508. The number of alkyl halides is 3. The lowest BCUT2D eigenvalue weighted by molar-refractivity contribution is -0.385. The number of amides is 3. The number of nitro benzene ring substituents is 1. The molecule has 0 radical (unpaired) electrons. The van der Waals surface area contributed by atoms with Gasteiger partial charge in [-0.1, -0.05) is 12.1 Å². The molecule has 0 aliphatic carbocycles. The average Bonchev–Trinajstić information content (AvgIpc) is 3.12. The highest BCUT2D eigenvalue weighted by Gasteiger charge is 2.36. The van der Waals surface area contributed by atoms with Crippen molar-refractivity contribution >= 4 is 46.3 Å². The highest BCUT2D eigenvalue weighted by molar-refractivity contribution is 8.18. The van der Waals surface area contributed by atoms with Gasteiger partial charge in [0.2, 0.25) is 11.7 Å². The molecule has 0 aromatic heterocycles. The molecule has 0 spiro atoms. The average molecular weight is 579 g/mol. The van der Waals surface area contributed by atoms with Crippen LogP contribution < -0.4 is 10.1 Å². The number of hydrogen-bond donors (Lipinski definition) is 1. The van der Waals surface area contributed by atoms with Crippen LogP contribution in [0.5, 0.6) is 11.5 Å². The van der Waals surface area contributed by atoms with Crippen molar-refractivity contribution in [3.63, 3.8) is 0 Å². The maximum Gasteiger partial charge on any atom is 0.416 e. The number of nitrogens with zero attached hydrogens (tertiary/aromatic N) is 2. The minimum atomic E-state index is -4.80. The zero-order valence-corrected chi connectivity index (χ0v) is 20.5. The molecule has 3 aromatic rings. The maximum absolute atomic E-state index is 13.8. The minimum Gasteiger partial charge on any atom is -0.450 e. The minimum absolute atomic E-state index is 0.0171. The van der Waals surface area contributed by atoms with E-state index < -0.39 is 63.3 Å². The third-order valence-electron chi connectivity index (χ3n) is 5.25. The molecule has 0 atom stereocenters. The summed E-state index contributed by atoms with van der Waals surface area (Å²) in [5.41, 5.74) is -2.21. The molecule has 0 saturated carbocycles. The molecule has 3 amide bonds. The van der Waals surface area contributed by atoms with E-state index in [0.29, 0.717) is 34.9 Å². The van der Waals surface area contributed by atoms with Crippen molar-refractivity contribution < 1.29 is 46.0 Å². The molecule has 0 unspecified atom stereocenters. The van der Waals surface area contributed by atoms with Gasteiger partial charge in [0.25, 0.3) is 11.1 Å². The van der Waals surface area contributed by atoms with Gasteiger partial charge in [-0.15, -0.1) is 0 Å². The van der Waals surface area contributed by atoms with Crippen LogP contribution in [0.25, 0.3) is 6.08 Å². The Morgan fingerprint density at radius 2 is 1.82 bits per heavy atom. The Bertz CT molecular complexity index is 1580. The van der Waals surface area contributed by atoms with Crippen LogP contribution in [0.3, 0.4) is 0 Å². The van der Waals surface area contributed by atoms with Crippen molar-refractivity contribution in [3.05, 3.63) is 98.4 Å². The molecular formula is C25H14F5N3O6S. The summed E-state index contributed by atoms with van der Waals surface area (Å²) in [5, 5.41) is 12.7. The van der Waals surface area contributed by atoms with E-state index in [9.17, 15) is 46.5 Å². The van der Waals surface area contributed by atoms with E-state index in [-0.39, 0.29) is 21.9 Å². The van der Waals surface area contributed by atoms with Gasteiger partial charge < -0.3 is 10.1 Å². The summed E-state index contributed by atoms with van der Waals surface area (Å²) in [7, 11) is 0. The van der Waals surface area contributed by atoms with Gasteiger partial charge in [0, 0.05) is 12.1 Å². The summed E-state index contributed by atoms with van der Waals surface area (Å²) in [6, 6.07) is 9.83. The third-order valence-corrected chi connectivity index (χ3v) is 6.15. The third kappa shape index (κ3) is 6.43. The molecule has 1 aliphatic heterocycles. The Labute approximate surface area is 225 Å². The van der Waals surface area contributed by atoms with Crippen LogP contribution in [0.1, 0.15) is 11.1 Å². The van der Waals surface area contributed by atoms with E-state index in [4.69, 9.17) is 4.74 Å². The van der Waals surface area contributed by atoms with Crippen LogP contribution in [0, 0.1) is 21.7 Å². The molecule has 9 nitrogen and oxygen atoms in total. The highest BCUT2D eigenvalue weighted by atomic mass is 32.2. The first-order chi connectivity index (χ1) is 18.8. The SMILES string of the molecule is O=C(CN1C(=O)S/C(=C/c2cccc(Oc3ccc(C(F)(F)F)cc3[N+](=O)[O-])c2)C1=O)Nc1ccc(F)cc1F. The molecule has 1 heterocycles. The van der Waals surface area contributed by atoms with Crippen molar-refractivity contribution in [1.82, 2.24) is 4.90 Å². The Morgan fingerprint density at radius 3 is 2.50 bits per heavy atom. The lowest BCUT2D eigenvalue weighted by Gasteiger charge is -2.12. The summed E-state index contributed by atoms with van der Waals surface area (Å²) in [6.45, 7) is -0.750. The first-order valence-electron chi connectivity index (χ1n) is 11.0. The molecule has 1 N–H and O–H groups in total. The predicted octanol–water partition coefficient (Wildman–Crippen LogP) is 6.36. The van der Waals surface area contributed by atoms with Gasteiger partial charge >= 0.3 is 11.9 Å². The van der Waals surface area contributed by atoms with Crippen LogP contribution in [0.4, 0.5) is 38.1 Å². The molecule has 1 fully saturated rings. The Balaban J connectivity index is 1.49. The van der Waals surface area contributed by atoms with Gasteiger partial charge in [-0.3, -0.25) is 29.4 Å². The van der Waals surface area contributed by atoms with E-state index in [0.717, 1.165) is 18.2 Å². The molecule has 40 heavy (non-hydrogen) atoms. The number of carbonyl (C=O) groups is 3. The molecule has 3 aromatic carbocycles. The number of carbonyl (C=O) groups excluding carboxylic acids is 3. The topological polar surface area (TPSA) is 119 Å². The van der Waals surface area contributed by atoms with Gasteiger partial charge in [-0.05, 0) is 59.8 Å². The van der Waals surface area contributed by atoms with Gasteiger partial charge in [-0.25, -0.2) is 8.78 Å². The quantitative estimate of drug-likeness (QED) is 0.150. The number of benzene rings is 3. The molecule has 1 saturated heterocycles. The molecule has 1 aliphatic rings. The monoisotopic (exact) mass is 579 g/mol. The summed E-state index contributed by atoms with van der Waals surface area (Å²) in [4.78, 5) is 48.1. The smallest absolute Gasteiger partial charge is 0.416 e. The number of ether oxygens (including phenoxy) is 1. The molecule has 206 valence electrons. The van der Waals surface area contributed by atoms with E-state index >= 15 is 0 Å². The Kier molecular flexibility index (Phi) is 7.86. The van der Waals surface area contributed by atoms with Gasteiger partial charge in [-0.2, -0.15) is 13.2 Å². The van der Waals surface area contributed by atoms with Crippen LogP contribution >= 0.6 is 11.8 Å². The number of rotatable bonds is 7. The number of thioether (sulfide) groups is 1. The second-order valence-electron chi connectivity index (χ2n) is 8.05. The molecule has 4 rings (SSSR count). The lowest BCUT2D eigenvalue weighted by Crippen LogP contribution is -2.36. The van der Waals surface area contributed by atoms with Crippen molar-refractivity contribution in [2.45, 2.75) is 6.18 Å². The van der Waals surface area contributed by atoms with E-state index in [1.807, 2.05) is 0 Å². The zero-order chi connectivity index (χ0) is 29.2. The van der Waals surface area contributed by atoms with Gasteiger partial charge in [0.05, 0.1) is 21.1 Å². The number of anilines is 1. The fraction of sp³-hybridized carbons (Fsp3) is 0.0800. The van der Waals surface area contributed by atoms with E-state index in [2.05, 4.69) is 5.32 Å².